The number of hydrogen-bond donors (Lipinski definition) is 3. The molecule has 26 heavy (non-hydrogen) atoms. The highest BCUT2D eigenvalue weighted by Crippen LogP contribution is 2.23. The van der Waals surface area contributed by atoms with Crippen molar-refractivity contribution in [2.24, 2.45) is 0 Å². The number of H-pyrrole nitrogens is 1. The number of fused-ring (bicyclic) bond motifs is 1. The van der Waals surface area contributed by atoms with Gasteiger partial charge in [-0.1, -0.05) is 0 Å². The molecule has 0 saturated carbocycles. The van der Waals surface area contributed by atoms with E-state index in [4.69, 9.17) is 4.74 Å². The SMILES string of the molecule is Cc1ccc(C(=O)NN2CCOCC2)c(Nc2ccc3[nH]ncc3c2)n1. The van der Waals surface area contributed by atoms with Crippen molar-refractivity contribution in [2.75, 3.05) is 31.6 Å². The fourth-order valence-corrected chi connectivity index (χ4v) is 2.87. The molecule has 1 aliphatic rings. The van der Waals surface area contributed by atoms with Crippen LogP contribution in [0.3, 0.4) is 0 Å². The number of nitrogens with one attached hydrogen (secondary N) is 3. The van der Waals surface area contributed by atoms with Crippen LogP contribution in [-0.4, -0.2) is 52.4 Å². The number of aromatic amines is 1. The van der Waals surface area contributed by atoms with E-state index in [9.17, 15) is 4.79 Å². The number of aromatic nitrogens is 3. The second kappa shape index (κ2) is 7.11. The summed E-state index contributed by atoms with van der Waals surface area (Å²) in [6.45, 7) is 4.47. The summed E-state index contributed by atoms with van der Waals surface area (Å²) < 4.78 is 5.31. The van der Waals surface area contributed by atoms with E-state index < -0.39 is 0 Å². The largest absolute Gasteiger partial charge is 0.379 e. The Hall–Kier alpha value is -2.97. The molecule has 8 heteroatoms. The van der Waals surface area contributed by atoms with Gasteiger partial charge in [0.1, 0.15) is 5.82 Å². The normalized spacial score (nSPS) is 15.1. The van der Waals surface area contributed by atoms with Gasteiger partial charge in [0.15, 0.2) is 0 Å². The summed E-state index contributed by atoms with van der Waals surface area (Å²) in [5.74, 6) is 0.338. The number of aryl methyl sites for hydroxylation is 1. The van der Waals surface area contributed by atoms with Gasteiger partial charge in [-0.15, -0.1) is 0 Å². The van der Waals surface area contributed by atoms with E-state index in [-0.39, 0.29) is 5.91 Å². The summed E-state index contributed by atoms with van der Waals surface area (Å²) in [7, 11) is 0. The van der Waals surface area contributed by atoms with Crippen LogP contribution in [0.2, 0.25) is 0 Å². The van der Waals surface area contributed by atoms with Crippen molar-refractivity contribution in [3.8, 4) is 0 Å². The third-order valence-corrected chi connectivity index (χ3v) is 4.25. The average molecular weight is 352 g/mol. The van der Waals surface area contributed by atoms with Crippen molar-refractivity contribution in [1.82, 2.24) is 25.6 Å². The first-order valence-corrected chi connectivity index (χ1v) is 8.50. The lowest BCUT2D eigenvalue weighted by molar-refractivity contribution is 0.0126. The maximum absolute atomic E-state index is 12.7. The lowest BCUT2D eigenvalue weighted by atomic mass is 10.2. The van der Waals surface area contributed by atoms with E-state index in [1.807, 2.05) is 36.2 Å². The van der Waals surface area contributed by atoms with Gasteiger partial charge in [0.25, 0.3) is 5.91 Å². The number of nitrogens with zero attached hydrogens (tertiary/aromatic N) is 3. The number of hydrazine groups is 1. The summed E-state index contributed by atoms with van der Waals surface area (Å²) in [4.78, 5) is 17.2. The van der Waals surface area contributed by atoms with E-state index in [0.29, 0.717) is 37.7 Å². The van der Waals surface area contributed by atoms with Crippen LogP contribution in [0.5, 0.6) is 0 Å². The lowest BCUT2D eigenvalue weighted by Gasteiger charge is -2.27. The standard InChI is InChI=1S/C18H20N6O2/c1-12-2-4-15(18(25)23-24-6-8-26-9-7-24)17(20-12)21-14-3-5-16-13(10-14)11-19-22-16/h2-5,10-11H,6-9H2,1H3,(H,19,22)(H,20,21)(H,23,25). The highest BCUT2D eigenvalue weighted by atomic mass is 16.5. The molecule has 0 spiro atoms. The van der Waals surface area contributed by atoms with Crippen LogP contribution in [0.25, 0.3) is 10.9 Å². The van der Waals surface area contributed by atoms with Crippen molar-refractivity contribution in [2.45, 2.75) is 6.92 Å². The number of rotatable bonds is 4. The highest BCUT2D eigenvalue weighted by molar-refractivity contribution is 5.99. The van der Waals surface area contributed by atoms with Gasteiger partial charge in [-0.3, -0.25) is 15.3 Å². The molecule has 1 saturated heterocycles. The highest BCUT2D eigenvalue weighted by Gasteiger charge is 2.18. The summed E-state index contributed by atoms with van der Waals surface area (Å²) in [5, 5.41) is 13.1. The molecule has 1 aliphatic heterocycles. The Labute approximate surface area is 150 Å². The lowest BCUT2D eigenvalue weighted by Crippen LogP contribution is -2.48. The van der Waals surface area contributed by atoms with Gasteiger partial charge in [-0.05, 0) is 37.3 Å². The summed E-state index contributed by atoms with van der Waals surface area (Å²) in [5.41, 5.74) is 6.05. The molecule has 8 nitrogen and oxygen atoms in total. The minimum Gasteiger partial charge on any atom is -0.379 e. The van der Waals surface area contributed by atoms with Gasteiger partial charge < -0.3 is 10.1 Å². The van der Waals surface area contributed by atoms with Gasteiger partial charge in [0.05, 0.1) is 30.5 Å². The minimum absolute atomic E-state index is 0.189. The van der Waals surface area contributed by atoms with Gasteiger partial charge in [0.2, 0.25) is 0 Å². The molecule has 3 N–H and O–H groups in total. The Kier molecular flexibility index (Phi) is 4.51. The van der Waals surface area contributed by atoms with Gasteiger partial charge in [-0.25, -0.2) is 9.99 Å². The van der Waals surface area contributed by atoms with Crippen LogP contribution >= 0.6 is 0 Å². The molecular formula is C18H20N6O2. The zero-order valence-electron chi connectivity index (χ0n) is 14.5. The molecule has 2 aromatic heterocycles. The fourth-order valence-electron chi connectivity index (χ4n) is 2.87. The van der Waals surface area contributed by atoms with Crippen molar-refractivity contribution >= 4 is 28.3 Å². The predicted octanol–water partition coefficient (Wildman–Crippen LogP) is 1.99. The van der Waals surface area contributed by atoms with Crippen LogP contribution in [0.4, 0.5) is 11.5 Å². The number of morpholine rings is 1. The van der Waals surface area contributed by atoms with Crippen molar-refractivity contribution in [1.29, 1.82) is 0 Å². The van der Waals surface area contributed by atoms with Crippen LogP contribution in [0, 0.1) is 6.92 Å². The Morgan fingerprint density at radius 3 is 2.92 bits per heavy atom. The predicted molar refractivity (Wildman–Crippen MR) is 98.2 cm³/mol. The quantitative estimate of drug-likeness (QED) is 0.665. The maximum Gasteiger partial charge on any atom is 0.269 e. The third-order valence-electron chi connectivity index (χ3n) is 4.25. The molecule has 1 amide bonds. The monoisotopic (exact) mass is 352 g/mol. The Bertz CT molecular complexity index is 932. The molecule has 3 aromatic rings. The first-order chi connectivity index (χ1) is 12.7. The Morgan fingerprint density at radius 2 is 2.08 bits per heavy atom. The van der Waals surface area contributed by atoms with E-state index in [0.717, 1.165) is 22.3 Å². The molecule has 134 valence electrons. The number of pyridine rings is 1. The molecule has 0 aliphatic carbocycles. The van der Waals surface area contributed by atoms with Crippen LogP contribution in [-0.2, 0) is 4.74 Å². The van der Waals surface area contributed by atoms with Crippen molar-refractivity contribution in [3.05, 3.63) is 47.8 Å². The summed E-state index contributed by atoms with van der Waals surface area (Å²) >= 11 is 0. The zero-order chi connectivity index (χ0) is 17.9. The topological polar surface area (TPSA) is 95.2 Å². The first-order valence-electron chi connectivity index (χ1n) is 8.50. The molecular weight excluding hydrogens is 332 g/mol. The molecule has 0 unspecified atom stereocenters. The molecule has 0 atom stereocenters. The number of carbonyl (C=O) groups excluding carboxylic acids is 1. The molecule has 4 rings (SSSR count). The maximum atomic E-state index is 12.7. The van der Waals surface area contributed by atoms with E-state index in [1.54, 1.807) is 12.3 Å². The van der Waals surface area contributed by atoms with E-state index in [1.165, 1.54) is 0 Å². The van der Waals surface area contributed by atoms with Crippen LogP contribution < -0.4 is 10.7 Å². The summed E-state index contributed by atoms with van der Waals surface area (Å²) in [6.07, 6.45) is 1.76. The fraction of sp³-hybridized carbons (Fsp3) is 0.278. The minimum atomic E-state index is -0.189. The smallest absolute Gasteiger partial charge is 0.269 e. The van der Waals surface area contributed by atoms with Crippen molar-refractivity contribution < 1.29 is 9.53 Å². The van der Waals surface area contributed by atoms with E-state index >= 15 is 0 Å². The van der Waals surface area contributed by atoms with Crippen molar-refractivity contribution in [3.63, 3.8) is 0 Å². The van der Waals surface area contributed by atoms with Crippen LogP contribution in [0.1, 0.15) is 16.1 Å². The zero-order valence-corrected chi connectivity index (χ0v) is 14.5. The van der Waals surface area contributed by atoms with Gasteiger partial charge in [0, 0.05) is 29.9 Å². The van der Waals surface area contributed by atoms with Gasteiger partial charge in [-0.2, -0.15) is 5.10 Å². The number of benzene rings is 1. The molecule has 1 fully saturated rings. The Balaban J connectivity index is 1.58. The number of ether oxygens (including phenoxy) is 1. The number of hydrogen-bond acceptors (Lipinski definition) is 6. The second-order valence-corrected chi connectivity index (χ2v) is 6.19. The second-order valence-electron chi connectivity index (χ2n) is 6.19. The number of carbonyl (C=O) groups is 1. The average Bonchev–Trinajstić information content (AvgIpc) is 3.10. The van der Waals surface area contributed by atoms with Crippen LogP contribution in [0.15, 0.2) is 36.5 Å². The molecule has 0 radical (unpaired) electrons. The summed E-state index contributed by atoms with van der Waals surface area (Å²) in [6, 6.07) is 9.45. The number of anilines is 2. The third kappa shape index (κ3) is 3.51. The Morgan fingerprint density at radius 1 is 1.23 bits per heavy atom. The van der Waals surface area contributed by atoms with E-state index in [2.05, 4.69) is 25.9 Å². The molecule has 0 bridgehead atoms. The molecule has 1 aromatic carbocycles. The van der Waals surface area contributed by atoms with Gasteiger partial charge >= 0.3 is 0 Å². The first kappa shape index (κ1) is 16.5. The number of amides is 1. The molecule has 3 heterocycles.